The Labute approximate surface area is 104 Å². The van der Waals surface area contributed by atoms with Crippen molar-refractivity contribution in [3.05, 3.63) is 0 Å². The highest BCUT2D eigenvalue weighted by atomic mass is 16.7. The molecule has 0 radical (unpaired) electrons. The predicted molar refractivity (Wildman–Crippen MR) is 66.8 cm³/mol. The van der Waals surface area contributed by atoms with Crippen LogP contribution in [0.1, 0.15) is 39.5 Å². The summed E-state index contributed by atoms with van der Waals surface area (Å²) in [6, 6.07) is 0. The van der Waals surface area contributed by atoms with Crippen molar-refractivity contribution in [2.24, 2.45) is 0 Å². The second-order valence-corrected chi connectivity index (χ2v) is 3.54. The lowest BCUT2D eigenvalue weighted by molar-refractivity contribution is -0.136. The van der Waals surface area contributed by atoms with Crippen LogP contribution in [-0.2, 0) is 9.47 Å². The van der Waals surface area contributed by atoms with E-state index in [-0.39, 0.29) is 26.1 Å². The molecule has 1 unspecified atom stereocenters. The molecule has 5 heteroatoms. The highest BCUT2D eigenvalue weighted by Crippen LogP contribution is 2.01. The smallest absolute Gasteiger partial charge is 0.154 e. The Bertz CT molecular complexity index is 119. The van der Waals surface area contributed by atoms with Crippen molar-refractivity contribution in [2.75, 3.05) is 33.0 Å². The van der Waals surface area contributed by atoms with Crippen LogP contribution in [-0.4, -0.2) is 54.6 Å². The standard InChI is InChI=1S/C10H22O3.C2H6O2/c1-3-4-5-6-8-12-10(2)13-9-7-11;3-1-2-4/h10-11H,3-9H2,1-2H3;3-4H,1-2H2. The van der Waals surface area contributed by atoms with Crippen LogP contribution in [0.25, 0.3) is 0 Å². The fourth-order valence-electron chi connectivity index (χ4n) is 1.04. The van der Waals surface area contributed by atoms with Gasteiger partial charge in [0, 0.05) is 6.61 Å². The van der Waals surface area contributed by atoms with Gasteiger partial charge in [0.25, 0.3) is 0 Å². The van der Waals surface area contributed by atoms with Gasteiger partial charge in [0.05, 0.1) is 26.4 Å². The van der Waals surface area contributed by atoms with Gasteiger partial charge in [-0.1, -0.05) is 26.2 Å². The quantitative estimate of drug-likeness (QED) is 0.398. The molecule has 0 saturated carbocycles. The molecule has 5 nitrogen and oxygen atoms in total. The van der Waals surface area contributed by atoms with Gasteiger partial charge in [-0.15, -0.1) is 0 Å². The Balaban J connectivity index is 0. The third-order valence-electron chi connectivity index (χ3n) is 1.89. The molecule has 106 valence electrons. The van der Waals surface area contributed by atoms with Gasteiger partial charge < -0.3 is 24.8 Å². The van der Waals surface area contributed by atoms with Gasteiger partial charge in [0.15, 0.2) is 6.29 Å². The molecule has 0 spiro atoms. The fraction of sp³-hybridized carbons (Fsp3) is 1.00. The molecule has 0 aromatic heterocycles. The minimum absolute atomic E-state index is 0.0591. The molecule has 0 bridgehead atoms. The van der Waals surface area contributed by atoms with E-state index in [0.717, 1.165) is 13.0 Å². The number of aliphatic hydroxyl groups is 3. The summed E-state index contributed by atoms with van der Waals surface area (Å²) >= 11 is 0. The Kier molecular flexibility index (Phi) is 20.5. The molecular weight excluding hydrogens is 224 g/mol. The van der Waals surface area contributed by atoms with E-state index < -0.39 is 0 Å². The largest absolute Gasteiger partial charge is 0.394 e. The van der Waals surface area contributed by atoms with Gasteiger partial charge in [-0.2, -0.15) is 0 Å². The molecule has 0 aromatic rings. The molecule has 0 aliphatic rings. The monoisotopic (exact) mass is 252 g/mol. The zero-order valence-electron chi connectivity index (χ0n) is 11.1. The van der Waals surface area contributed by atoms with Crippen molar-refractivity contribution in [3.63, 3.8) is 0 Å². The van der Waals surface area contributed by atoms with Crippen LogP contribution >= 0.6 is 0 Å². The minimum Gasteiger partial charge on any atom is -0.394 e. The first-order valence-electron chi connectivity index (χ1n) is 6.28. The Morgan fingerprint density at radius 2 is 1.41 bits per heavy atom. The van der Waals surface area contributed by atoms with Crippen molar-refractivity contribution in [1.82, 2.24) is 0 Å². The molecule has 3 N–H and O–H groups in total. The van der Waals surface area contributed by atoms with E-state index in [1.165, 1.54) is 19.3 Å². The van der Waals surface area contributed by atoms with Gasteiger partial charge in [-0.3, -0.25) is 0 Å². The summed E-state index contributed by atoms with van der Waals surface area (Å²) in [6.07, 6.45) is 4.66. The Hall–Kier alpha value is -0.200. The predicted octanol–water partition coefficient (Wildman–Crippen LogP) is 0.909. The molecule has 1 atom stereocenters. The molecule has 17 heavy (non-hydrogen) atoms. The van der Waals surface area contributed by atoms with Gasteiger partial charge in [0.2, 0.25) is 0 Å². The first kappa shape index (κ1) is 19.1. The summed E-state index contributed by atoms with van der Waals surface area (Å²) in [6.45, 7) is 4.97. The minimum atomic E-state index is -0.186. The SMILES string of the molecule is CCCCCCOC(C)OCCO.OCCO. The molecular formula is C12H28O5. The first-order chi connectivity index (χ1) is 8.22. The topological polar surface area (TPSA) is 79.2 Å². The first-order valence-corrected chi connectivity index (χ1v) is 6.28. The van der Waals surface area contributed by atoms with Gasteiger partial charge in [-0.05, 0) is 13.3 Å². The average molecular weight is 252 g/mol. The third kappa shape index (κ3) is 21.6. The number of unbranched alkanes of at least 4 members (excludes halogenated alkanes) is 3. The van der Waals surface area contributed by atoms with E-state index in [4.69, 9.17) is 24.8 Å². The lowest BCUT2D eigenvalue weighted by Gasteiger charge is -2.12. The van der Waals surface area contributed by atoms with E-state index in [1.54, 1.807) is 0 Å². The highest BCUT2D eigenvalue weighted by molar-refractivity contribution is 4.40. The molecule has 0 amide bonds. The molecule has 0 aliphatic heterocycles. The van der Waals surface area contributed by atoms with E-state index in [0.29, 0.717) is 6.61 Å². The maximum atomic E-state index is 8.48. The van der Waals surface area contributed by atoms with E-state index >= 15 is 0 Å². The van der Waals surface area contributed by atoms with Crippen LogP contribution < -0.4 is 0 Å². The van der Waals surface area contributed by atoms with Gasteiger partial charge in [0.1, 0.15) is 0 Å². The molecule has 0 rings (SSSR count). The molecule has 0 aliphatic carbocycles. The summed E-state index contributed by atoms with van der Waals surface area (Å²) < 4.78 is 10.5. The van der Waals surface area contributed by atoms with Crippen LogP contribution in [0.5, 0.6) is 0 Å². The summed E-state index contributed by atoms with van der Waals surface area (Å²) in [5, 5.41) is 23.7. The zero-order chi connectivity index (χ0) is 13.4. The van der Waals surface area contributed by atoms with Gasteiger partial charge in [-0.25, -0.2) is 0 Å². The summed E-state index contributed by atoms with van der Waals surface area (Å²) in [5.41, 5.74) is 0. The number of hydrogen-bond donors (Lipinski definition) is 3. The normalized spacial score (nSPS) is 11.8. The van der Waals surface area contributed by atoms with Crippen molar-refractivity contribution < 1.29 is 24.8 Å². The maximum Gasteiger partial charge on any atom is 0.154 e. The highest BCUT2D eigenvalue weighted by Gasteiger charge is 1.99. The van der Waals surface area contributed by atoms with Gasteiger partial charge >= 0.3 is 0 Å². The van der Waals surface area contributed by atoms with Crippen molar-refractivity contribution in [2.45, 2.75) is 45.8 Å². The molecule has 0 aromatic carbocycles. The Morgan fingerprint density at radius 1 is 0.824 bits per heavy atom. The number of hydrogen-bond acceptors (Lipinski definition) is 5. The van der Waals surface area contributed by atoms with E-state index in [9.17, 15) is 0 Å². The summed E-state index contributed by atoms with van der Waals surface area (Å²) in [5.74, 6) is 0. The van der Waals surface area contributed by atoms with Crippen molar-refractivity contribution in [1.29, 1.82) is 0 Å². The van der Waals surface area contributed by atoms with E-state index in [2.05, 4.69) is 6.92 Å². The average Bonchev–Trinajstić information content (AvgIpc) is 2.36. The lowest BCUT2D eigenvalue weighted by Crippen LogP contribution is -2.15. The second-order valence-electron chi connectivity index (χ2n) is 3.54. The van der Waals surface area contributed by atoms with Crippen LogP contribution in [0.4, 0.5) is 0 Å². The van der Waals surface area contributed by atoms with E-state index in [1.807, 2.05) is 6.92 Å². The van der Waals surface area contributed by atoms with Crippen LogP contribution in [0, 0.1) is 0 Å². The van der Waals surface area contributed by atoms with Crippen molar-refractivity contribution >= 4 is 0 Å². The molecule has 0 saturated heterocycles. The van der Waals surface area contributed by atoms with Crippen LogP contribution in [0.2, 0.25) is 0 Å². The number of ether oxygens (including phenoxy) is 2. The Morgan fingerprint density at radius 3 is 1.88 bits per heavy atom. The number of rotatable bonds is 10. The maximum absolute atomic E-state index is 8.48. The molecule has 0 fully saturated rings. The third-order valence-corrected chi connectivity index (χ3v) is 1.89. The summed E-state index contributed by atoms with van der Waals surface area (Å²) in [4.78, 5) is 0. The zero-order valence-corrected chi connectivity index (χ0v) is 11.1. The number of aliphatic hydroxyl groups excluding tert-OH is 3. The van der Waals surface area contributed by atoms with Crippen LogP contribution in [0.3, 0.4) is 0 Å². The second kappa shape index (κ2) is 18.2. The fourth-order valence-corrected chi connectivity index (χ4v) is 1.04. The summed E-state index contributed by atoms with van der Waals surface area (Å²) in [7, 11) is 0. The van der Waals surface area contributed by atoms with Crippen molar-refractivity contribution in [3.8, 4) is 0 Å². The molecule has 0 heterocycles. The van der Waals surface area contributed by atoms with Crippen LogP contribution in [0.15, 0.2) is 0 Å². The lowest BCUT2D eigenvalue weighted by atomic mass is 10.2.